The maximum Gasteiger partial charge on any atom is 0.324 e. The van der Waals surface area contributed by atoms with Gasteiger partial charge in [0.15, 0.2) is 5.82 Å². The lowest BCUT2D eigenvalue weighted by Gasteiger charge is -2.18. The Labute approximate surface area is 233 Å². The highest BCUT2D eigenvalue weighted by Crippen LogP contribution is 2.24. The quantitative estimate of drug-likeness (QED) is 0.385. The molecule has 0 bridgehead atoms. The summed E-state index contributed by atoms with van der Waals surface area (Å²) < 4.78 is 11.3. The minimum atomic E-state index is -0.468. The Morgan fingerprint density at radius 1 is 1.05 bits per heavy atom. The van der Waals surface area contributed by atoms with Crippen LogP contribution < -0.4 is 20.7 Å². The van der Waals surface area contributed by atoms with Gasteiger partial charge in [0.25, 0.3) is 5.91 Å². The Kier molecular flexibility index (Phi) is 8.68. The standard InChI is InChI=1S/C28H35N7O5/c1-28(2,3)23-14-24(33-40-23)32-27(38)31-19-8-6-18(7-9-19)30-26(37)22-11-10-20(15-29-22)39-21-12-13-35(16-21)17-25(36)34(4)5/h6-11,14-15,21H,12-13,16-17H2,1-5H3,(H,30,37)(H2,31,32,33,38). The van der Waals surface area contributed by atoms with E-state index in [4.69, 9.17) is 9.26 Å². The maximum atomic E-state index is 12.7. The third-order valence-electron chi connectivity index (χ3n) is 6.25. The van der Waals surface area contributed by atoms with Gasteiger partial charge < -0.3 is 24.8 Å². The van der Waals surface area contributed by atoms with Gasteiger partial charge >= 0.3 is 6.03 Å². The van der Waals surface area contributed by atoms with Crippen LogP contribution in [0.1, 0.15) is 43.4 Å². The van der Waals surface area contributed by atoms with Crippen LogP contribution in [0.4, 0.5) is 22.0 Å². The van der Waals surface area contributed by atoms with Crippen LogP contribution in [0.3, 0.4) is 0 Å². The van der Waals surface area contributed by atoms with Gasteiger partial charge in [-0.05, 0) is 42.8 Å². The van der Waals surface area contributed by atoms with Gasteiger partial charge in [0.2, 0.25) is 5.91 Å². The van der Waals surface area contributed by atoms with Crippen LogP contribution in [0.15, 0.2) is 53.2 Å². The average Bonchev–Trinajstić information content (AvgIpc) is 3.55. The first-order valence-electron chi connectivity index (χ1n) is 13.0. The molecule has 4 rings (SSSR count). The van der Waals surface area contributed by atoms with Crippen LogP contribution in [-0.4, -0.2) is 77.6 Å². The number of pyridine rings is 1. The van der Waals surface area contributed by atoms with Gasteiger partial charge in [0, 0.05) is 50.0 Å². The van der Waals surface area contributed by atoms with Gasteiger partial charge in [-0.1, -0.05) is 25.9 Å². The molecule has 1 fully saturated rings. The van der Waals surface area contributed by atoms with E-state index in [0.29, 0.717) is 41.8 Å². The number of nitrogens with one attached hydrogen (secondary N) is 3. The number of nitrogens with zero attached hydrogens (tertiary/aromatic N) is 4. The number of rotatable bonds is 8. The van der Waals surface area contributed by atoms with Crippen LogP contribution in [-0.2, 0) is 10.2 Å². The van der Waals surface area contributed by atoms with E-state index in [1.165, 1.54) is 6.20 Å². The van der Waals surface area contributed by atoms with Gasteiger partial charge in [0.1, 0.15) is 23.3 Å². The summed E-state index contributed by atoms with van der Waals surface area (Å²) in [6.45, 7) is 7.78. The molecular formula is C28H35N7O5. The number of amides is 4. The second kappa shape index (κ2) is 12.2. The van der Waals surface area contributed by atoms with Crippen molar-refractivity contribution in [1.29, 1.82) is 0 Å². The molecule has 1 aliphatic rings. The molecule has 1 saturated heterocycles. The van der Waals surface area contributed by atoms with Crippen molar-refractivity contribution in [3.8, 4) is 5.75 Å². The predicted octanol–water partition coefficient (Wildman–Crippen LogP) is 3.80. The van der Waals surface area contributed by atoms with E-state index >= 15 is 0 Å². The number of aromatic nitrogens is 2. The van der Waals surface area contributed by atoms with Crippen molar-refractivity contribution in [2.45, 2.75) is 38.7 Å². The molecule has 1 atom stereocenters. The normalized spacial score (nSPS) is 15.4. The fourth-order valence-electron chi connectivity index (χ4n) is 3.94. The lowest BCUT2D eigenvalue weighted by molar-refractivity contribution is -0.129. The Balaban J connectivity index is 1.23. The van der Waals surface area contributed by atoms with Crippen LogP contribution in [0.5, 0.6) is 5.75 Å². The van der Waals surface area contributed by atoms with Crippen molar-refractivity contribution in [1.82, 2.24) is 19.9 Å². The molecule has 0 spiro atoms. The number of ether oxygens (including phenoxy) is 1. The van der Waals surface area contributed by atoms with Gasteiger partial charge in [-0.25, -0.2) is 9.78 Å². The van der Waals surface area contributed by atoms with Crippen molar-refractivity contribution in [3.63, 3.8) is 0 Å². The zero-order valence-corrected chi connectivity index (χ0v) is 23.4. The van der Waals surface area contributed by atoms with Crippen molar-refractivity contribution in [2.75, 3.05) is 49.7 Å². The molecule has 212 valence electrons. The van der Waals surface area contributed by atoms with E-state index in [1.54, 1.807) is 61.5 Å². The maximum absolute atomic E-state index is 12.7. The number of anilines is 3. The zero-order valence-electron chi connectivity index (χ0n) is 23.4. The number of carbonyl (C=O) groups excluding carboxylic acids is 3. The molecule has 12 heteroatoms. The summed E-state index contributed by atoms with van der Waals surface area (Å²) in [6.07, 6.45) is 2.30. The van der Waals surface area contributed by atoms with Crippen molar-refractivity contribution in [3.05, 3.63) is 60.1 Å². The van der Waals surface area contributed by atoms with Crippen molar-refractivity contribution >= 4 is 35.0 Å². The van der Waals surface area contributed by atoms with E-state index in [-0.39, 0.29) is 29.0 Å². The van der Waals surface area contributed by atoms with Crippen LogP contribution in [0, 0.1) is 0 Å². The lowest BCUT2D eigenvalue weighted by Crippen LogP contribution is -2.36. The first-order valence-corrected chi connectivity index (χ1v) is 13.0. The molecule has 0 saturated carbocycles. The molecule has 3 N–H and O–H groups in total. The molecular weight excluding hydrogens is 514 g/mol. The van der Waals surface area contributed by atoms with E-state index < -0.39 is 6.03 Å². The summed E-state index contributed by atoms with van der Waals surface area (Å²) in [7, 11) is 3.49. The number of likely N-dealkylation sites (tertiary alicyclic amines) is 1. The molecule has 12 nitrogen and oxygen atoms in total. The summed E-state index contributed by atoms with van der Waals surface area (Å²) in [5.74, 6) is 1.23. The summed E-state index contributed by atoms with van der Waals surface area (Å²) >= 11 is 0. The number of hydrogen-bond donors (Lipinski definition) is 3. The van der Waals surface area contributed by atoms with Crippen molar-refractivity contribution < 1.29 is 23.6 Å². The van der Waals surface area contributed by atoms with Gasteiger partial charge in [-0.2, -0.15) is 0 Å². The largest absolute Gasteiger partial charge is 0.487 e. The van der Waals surface area contributed by atoms with E-state index in [0.717, 1.165) is 13.0 Å². The molecule has 3 heterocycles. The number of urea groups is 1. The molecule has 1 unspecified atom stereocenters. The molecule has 3 aromatic rings. The molecule has 4 amide bonds. The third kappa shape index (κ3) is 7.79. The second-order valence-electron chi connectivity index (χ2n) is 10.9. The molecule has 1 aromatic carbocycles. The first-order chi connectivity index (χ1) is 19.0. The molecule has 0 radical (unpaired) electrons. The lowest BCUT2D eigenvalue weighted by atomic mass is 9.93. The highest BCUT2D eigenvalue weighted by molar-refractivity contribution is 6.03. The van der Waals surface area contributed by atoms with Crippen LogP contribution in [0.2, 0.25) is 0 Å². The Morgan fingerprint density at radius 3 is 2.35 bits per heavy atom. The molecule has 2 aromatic heterocycles. The highest BCUT2D eigenvalue weighted by Gasteiger charge is 2.26. The number of benzene rings is 1. The minimum Gasteiger partial charge on any atom is -0.487 e. The number of carbonyl (C=O) groups is 3. The van der Waals surface area contributed by atoms with Gasteiger partial charge in [-0.3, -0.25) is 19.8 Å². The van der Waals surface area contributed by atoms with E-state index in [9.17, 15) is 14.4 Å². The average molecular weight is 550 g/mol. The van der Waals surface area contributed by atoms with E-state index in [1.807, 2.05) is 20.8 Å². The molecule has 1 aliphatic heterocycles. The van der Waals surface area contributed by atoms with E-state index in [2.05, 4.69) is 31.0 Å². The highest BCUT2D eigenvalue weighted by atomic mass is 16.5. The molecule has 0 aliphatic carbocycles. The fourth-order valence-corrected chi connectivity index (χ4v) is 3.94. The predicted molar refractivity (Wildman–Crippen MR) is 151 cm³/mol. The minimum absolute atomic E-state index is 0.0393. The molecule has 40 heavy (non-hydrogen) atoms. The topological polar surface area (TPSA) is 142 Å². The van der Waals surface area contributed by atoms with Gasteiger partial charge in [0.05, 0.1) is 12.7 Å². The Hall–Kier alpha value is -4.45. The third-order valence-corrected chi connectivity index (χ3v) is 6.25. The summed E-state index contributed by atoms with van der Waals surface area (Å²) in [5.41, 5.74) is 1.09. The first kappa shape index (κ1) is 28.6. The monoisotopic (exact) mass is 549 g/mol. The zero-order chi connectivity index (χ0) is 28.9. The SMILES string of the molecule is CN(C)C(=O)CN1CCC(Oc2ccc(C(=O)Nc3ccc(NC(=O)Nc4cc(C(C)(C)C)on4)cc3)nc2)C1. The van der Waals surface area contributed by atoms with Gasteiger partial charge in [-0.15, -0.1) is 0 Å². The smallest absolute Gasteiger partial charge is 0.324 e. The second-order valence-corrected chi connectivity index (χ2v) is 10.9. The summed E-state index contributed by atoms with van der Waals surface area (Å²) in [4.78, 5) is 44.7. The fraction of sp³-hybridized carbons (Fsp3) is 0.393. The number of likely N-dealkylation sites (N-methyl/N-ethyl adjacent to an activating group) is 1. The Morgan fingerprint density at radius 2 is 1.75 bits per heavy atom. The summed E-state index contributed by atoms with van der Waals surface area (Å²) in [6, 6.07) is 11.2. The summed E-state index contributed by atoms with van der Waals surface area (Å²) in [5, 5.41) is 12.0. The Bertz CT molecular complexity index is 1330. The van der Waals surface area contributed by atoms with Crippen LogP contribution >= 0.6 is 0 Å². The van der Waals surface area contributed by atoms with Crippen molar-refractivity contribution in [2.24, 2.45) is 0 Å². The number of hydrogen-bond acceptors (Lipinski definition) is 8. The van der Waals surface area contributed by atoms with Crippen LogP contribution in [0.25, 0.3) is 0 Å².